The lowest BCUT2D eigenvalue weighted by molar-refractivity contribution is 0.373. The molecule has 0 amide bonds. The normalized spacial score (nSPS) is 24.7. The van der Waals surface area contributed by atoms with Gasteiger partial charge in [0.1, 0.15) is 5.75 Å². The molecule has 1 nitrogen and oxygen atoms in total. The summed E-state index contributed by atoms with van der Waals surface area (Å²) in [6.07, 6.45) is 5.08. The van der Waals surface area contributed by atoms with Crippen LogP contribution >= 0.6 is 0 Å². The van der Waals surface area contributed by atoms with Gasteiger partial charge in [0.15, 0.2) is 0 Å². The van der Waals surface area contributed by atoms with Crippen molar-refractivity contribution in [1.29, 1.82) is 0 Å². The third-order valence-electron chi connectivity index (χ3n) is 3.92. The first-order chi connectivity index (χ1) is 7.19. The topological polar surface area (TPSA) is 9.23 Å². The number of hydrogen-bond acceptors (Lipinski definition) is 1. The van der Waals surface area contributed by atoms with Crippen molar-refractivity contribution in [3.63, 3.8) is 0 Å². The van der Waals surface area contributed by atoms with Gasteiger partial charge >= 0.3 is 0 Å². The molecule has 1 aromatic carbocycles. The molecule has 0 N–H and O–H groups in total. The minimum absolute atomic E-state index is 0.363. The summed E-state index contributed by atoms with van der Waals surface area (Å²) in [6.45, 7) is 4.67. The molecular weight excluding hydrogens is 184 g/mol. The number of fused-ring (bicyclic) bond motifs is 1. The molecule has 0 radical (unpaired) electrons. The molecule has 1 aliphatic carbocycles. The molecule has 0 saturated heterocycles. The number of ether oxygens (including phenoxy) is 1. The molecule has 15 heavy (non-hydrogen) atoms. The van der Waals surface area contributed by atoms with Crippen LogP contribution in [-0.4, -0.2) is 7.11 Å². The van der Waals surface area contributed by atoms with Crippen LogP contribution in [0.15, 0.2) is 18.2 Å². The second-order valence-electron chi connectivity index (χ2n) is 4.79. The highest BCUT2D eigenvalue weighted by Gasteiger charge is 2.30. The molecule has 1 atom stereocenters. The number of rotatable bonds is 2. The number of methoxy groups -OCH3 is 1. The van der Waals surface area contributed by atoms with Gasteiger partial charge in [0.2, 0.25) is 0 Å². The van der Waals surface area contributed by atoms with Gasteiger partial charge in [0.25, 0.3) is 0 Å². The van der Waals surface area contributed by atoms with Gasteiger partial charge in [-0.25, -0.2) is 0 Å². The van der Waals surface area contributed by atoms with E-state index in [1.165, 1.54) is 36.8 Å². The van der Waals surface area contributed by atoms with Crippen LogP contribution in [0.1, 0.15) is 44.2 Å². The van der Waals surface area contributed by atoms with Crippen molar-refractivity contribution in [2.75, 3.05) is 7.11 Å². The van der Waals surface area contributed by atoms with Crippen molar-refractivity contribution in [3.05, 3.63) is 29.3 Å². The Morgan fingerprint density at radius 2 is 2.20 bits per heavy atom. The molecule has 0 bridgehead atoms. The van der Waals surface area contributed by atoms with Gasteiger partial charge in [-0.15, -0.1) is 0 Å². The molecule has 1 heteroatoms. The van der Waals surface area contributed by atoms with Crippen LogP contribution in [0.25, 0.3) is 0 Å². The average Bonchev–Trinajstić information content (AvgIpc) is 2.29. The zero-order chi connectivity index (χ0) is 10.9. The first-order valence-electron chi connectivity index (χ1n) is 5.87. The van der Waals surface area contributed by atoms with E-state index in [4.69, 9.17) is 4.74 Å². The van der Waals surface area contributed by atoms with E-state index in [-0.39, 0.29) is 0 Å². The SMILES string of the molecule is CCC1(C)CCCc2ccc(OC)cc21. The van der Waals surface area contributed by atoms with Gasteiger partial charge < -0.3 is 4.74 Å². The largest absolute Gasteiger partial charge is 0.497 e. The fraction of sp³-hybridized carbons (Fsp3) is 0.571. The third kappa shape index (κ3) is 1.75. The zero-order valence-corrected chi connectivity index (χ0v) is 9.97. The van der Waals surface area contributed by atoms with Crippen molar-refractivity contribution in [2.45, 2.75) is 44.9 Å². The number of benzene rings is 1. The van der Waals surface area contributed by atoms with Crippen LogP contribution < -0.4 is 4.74 Å². The lowest BCUT2D eigenvalue weighted by Crippen LogP contribution is -2.26. The first-order valence-corrected chi connectivity index (χ1v) is 5.87. The minimum Gasteiger partial charge on any atom is -0.497 e. The molecule has 0 aromatic heterocycles. The van der Waals surface area contributed by atoms with Crippen molar-refractivity contribution >= 4 is 0 Å². The van der Waals surface area contributed by atoms with E-state index in [0.717, 1.165) is 5.75 Å². The summed E-state index contributed by atoms with van der Waals surface area (Å²) in [5.74, 6) is 0.996. The zero-order valence-electron chi connectivity index (χ0n) is 9.97. The number of hydrogen-bond donors (Lipinski definition) is 0. The van der Waals surface area contributed by atoms with Crippen molar-refractivity contribution < 1.29 is 4.74 Å². The molecule has 1 unspecified atom stereocenters. The highest BCUT2D eigenvalue weighted by molar-refractivity contribution is 5.41. The van der Waals surface area contributed by atoms with E-state index in [1.54, 1.807) is 7.11 Å². The second kappa shape index (κ2) is 3.88. The highest BCUT2D eigenvalue weighted by atomic mass is 16.5. The third-order valence-corrected chi connectivity index (χ3v) is 3.92. The fourth-order valence-electron chi connectivity index (χ4n) is 2.63. The van der Waals surface area contributed by atoms with Gasteiger partial charge in [0.05, 0.1) is 7.11 Å². The van der Waals surface area contributed by atoms with E-state index in [1.807, 2.05) is 0 Å². The molecule has 0 saturated carbocycles. The van der Waals surface area contributed by atoms with Crippen molar-refractivity contribution in [3.8, 4) is 5.75 Å². The van der Waals surface area contributed by atoms with E-state index >= 15 is 0 Å². The molecule has 0 fully saturated rings. The molecule has 82 valence electrons. The van der Waals surface area contributed by atoms with E-state index in [0.29, 0.717) is 5.41 Å². The summed E-state index contributed by atoms with van der Waals surface area (Å²) in [7, 11) is 1.74. The van der Waals surface area contributed by atoms with E-state index in [9.17, 15) is 0 Å². The molecule has 0 heterocycles. The number of aryl methyl sites for hydroxylation is 1. The van der Waals surface area contributed by atoms with Crippen LogP contribution in [0.5, 0.6) is 5.75 Å². The molecule has 1 aliphatic rings. The molecular formula is C14H20O. The predicted molar refractivity (Wildman–Crippen MR) is 63.6 cm³/mol. The summed E-state index contributed by atoms with van der Waals surface area (Å²) in [5.41, 5.74) is 3.39. The Hall–Kier alpha value is -0.980. The van der Waals surface area contributed by atoms with E-state index in [2.05, 4.69) is 32.0 Å². The van der Waals surface area contributed by atoms with Gasteiger partial charge in [-0.3, -0.25) is 0 Å². The van der Waals surface area contributed by atoms with Crippen LogP contribution in [0.2, 0.25) is 0 Å². The summed E-state index contributed by atoms with van der Waals surface area (Å²) in [4.78, 5) is 0. The monoisotopic (exact) mass is 204 g/mol. The fourth-order valence-corrected chi connectivity index (χ4v) is 2.63. The van der Waals surface area contributed by atoms with Gasteiger partial charge in [-0.05, 0) is 54.4 Å². The Morgan fingerprint density at radius 3 is 2.87 bits per heavy atom. The maximum absolute atomic E-state index is 5.32. The Morgan fingerprint density at radius 1 is 1.40 bits per heavy atom. The Labute approximate surface area is 92.5 Å². The molecule has 1 aromatic rings. The van der Waals surface area contributed by atoms with Gasteiger partial charge in [-0.1, -0.05) is 19.9 Å². The lowest BCUT2D eigenvalue weighted by Gasteiger charge is -2.35. The summed E-state index contributed by atoms with van der Waals surface area (Å²) < 4.78 is 5.32. The lowest BCUT2D eigenvalue weighted by atomic mass is 9.70. The summed E-state index contributed by atoms with van der Waals surface area (Å²) in [6, 6.07) is 6.56. The van der Waals surface area contributed by atoms with Gasteiger partial charge in [-0.2, -0.15) is 0 Å². The molecule has 2 rings (SSSR count). The Kier molecular flexibility index (Phi) is 2.72. The van der Waals surface area contributed by atoms with Crippen molar-refractivity contribution in [1.82, 2.24) is 0 Å². The van der Waals surface area contributed by atoms with Crippen LogP contribution in [0.3, 0.4) is 0 Å². The predicted octanol–water partition coefficient (Wildman–Crippen LogP) is 3.70. The molecule has 0 aliphatic heterocycles. The van der Waals surface area contributed by atoms with Crippen LogP contribution in [-0.2, 0) is 11.8 Å². The maximum atomic E-state index is 5.32. The smallest absolute Gasteiger partial charge is 0.119 e. The standard InChI is InChI=1S/C14H20O/c1-4-14(2)9-5-6-11-7-8-12(15-3)10-13(11)14/h7-8,10H,4-6,9H2,1-3H3. The summed E-state index contributed by atoms with van der Waals surface area (Å²) in [5, 5.41) is 0. The minimum atomic E-state index is 0.363. The Bertz CT molecular complexity index is 356. The highest BCUT2D eigenvalue weighted by Crippen LogP contribution is 2.40. The maximum Gasteiger partial charge on any atom is 0.119 e. The Balaban J connectivity index is 2.48. The molecule has 0 spiro atoms. The van der Waals surface area contributed by atoms with Crippen LogP contribution in [0, 0.1) is 0 Å². The second-order valence-corrected chi connectivity index (χ2v) is 4.79. The van der Waals surface area contributed by atoms with Crippen LogP contribution in [0.4, 0.5) is 0 Å². The van der Waals surface area contributed by atoms with Gasteiger partial charge in [0, 0.05) is 0 Å². The first kappa shape index (κ1) is 10.5. The van der Waals surface area contributed by atoms with E-state index < -0.39 is 0 Å². The summed E-state index contributed by atoms with van der Waals surface area (Å²) >= 11 is 0. The van der Waals surface area contributed by atoms with Crippen molar-refractivity contribution in [2.24, 2.45) is 0 Å². The average molecular weight is 204 g/mol. The quantitative estimate of drug-likeness (QED) is 0.713.